The van der Waals surface area contributed by atoms with E-state index in [0.29, 0.717) is 0 Å². The second kappa shape index (κ2) is 12.8. The third-order valence-electron chi connectivity index (χ3n) is 11.8. The number of hydrogen-bond acceptors (Lipinski definition) is 4. The van der Waals surface area contributed by atoms with E-state index in [1.165, 1.54) is 69.4 Å². The molecule has 57 heavy (non-hydrogen) atoms. The van der Waals surface area contributed by atoms with E-state index in [2.05, 4.69) is 170 Å². The Balaban J connectivity index is 1.04. The summed E-state index contributed by atoms with van der Waals surface area (Å²) in [5.41, 5.74) is 14.4. The molecule has 1 aliphatic rings. The monoisotopic (exact) mass is 743 g/mol. The first kappa shape index (κ1) is 32.3. The molecule has 0 radical (unpaired) electrons. The second-order valence-electron chi connectivity index (χ2n) is 15.0. The van der Waals surface area contributed by atoms with E-state index in [-0.39, 0.29) is 0 Å². The Morgan fingerprint density at radius 2 is 0.965 bits per heavy atom. The lowest BCUT2D eigenvalue weighted by Gasteiger charge is -2.20. The number of pyridine rings is 3. The molecule has 1 aliphatic carbocycles. The summed E-state index contributed by atoms with van der Waals surface area (Å²) in [6.45, 7) is 0. The van der Waals surface area contributed by atoms with E-state index < -0.39 is 0 Å². The minimum Gasteiger partial charge on any atom is -0.247 e. The average molecular weight is 744 g/mol. The van der Waals surface area contributed by atoms with Gasteiger partial charge in [0.15, 0.2) is 0 Å². The van der Waals surface area contributed by atoms with Crippen molar-refractivity contribution in [2.45, 2.75) is 12.8 Å². The fraction of sp³-hybridized carbons (Fsp3) is 0.0377. The van der Waals surface area contributed by atoms with E-state index in [1.807, 2.05) is 17.4 Å². The Hall–Kier alpha value is -7.01. The van der Waals surface area contributed by atoms with Crippen molar-refractivity contribution >= 4 is 64.0 Å². The summed E-state index contributed by atoms with van der Waals surface area (Å²) in [6.07, 6.45) is 1.94. The zero-order chi connectivity index (χ0) is 37.5. The van der Waals surface area contributed by atoms with Gasteiger partial charge in [-0.3, -0.25) is 0 Å². The van der Waals surface area contributed by atoms with Crippen molar-refractivity contribution in [1.82, 2.24) is 15.0 Å². The topological polar surface area (TPSA) is 38.7 Å². The van der Waals surface area contributed by atoms with Gasteiger partial charge in [0.2, 0.25) is 0 Å². The number of para-hydroxylation sites is 1. The molecular weight excluding hydrogens is 711 g/mol. The van der Waals surface area contributed by atoms with Crippen molar-refractivity contribution in [3.8, 4) is 56.3 Å². The van der Waals surface area contributed by atoms with Crippen LogP contribution >= 0.6 is 11.3 Å². The smallest absolute Gasteiger partial charge is 0.0928 e. The number of rotatable bonds is 4. The zero-order valence-corrected chi connectivity index (χ0v) is 31.7. The van der Waals surface area contributed by atoms with Gasteiger partial charge in [-0.1, -0.05) is 152 Å². The van der Waals surface area contributed by atoms with Gasteiger partial charge < -0.3 is 0 Å². The fourth-order valence-corrected chi connectivity index (χ4v) is 10.3. The maximum Gasteiger partial charge on any atom is 0.0928 e. The molecule has 4 heteroatoms. The summed E-state index contributed by atoms with van der Waals surface area (Å²) in [4.78, 5) is 15.8. The minimum atomic E-state index is 0.968. The number of nitrogens with zero attached hydrogens (tertiary/aromatic N) is 3. The predicted molar refractivity (Wildman–Crippen MR) is 240 cm³/mol. The van der Waals surface area contributed by atoms with Crippen LogP contribution in [0.5, 0.6) is 0 Å². The molecule has 0 unspecified atom stereocenters. The molecule has 3 nitrogen and oxygen atoms in total. The van der Waals surface area contributed by atoms with Crippen LogP contribution in [-0.4, -0.2) is 15.0 Å². The van der Waals surface area contributed by atoms with Crippen LogP contribution in [0.1, 0.15) is 11.1 Å². The Morgan fingerprint density at radius 3 is 1.74 bits per heavy atom. The van der Waals surface area contributed by atoms with Gasteiger partial charge >= 0.3 is 0 Å². The highest BCUT2D eigenvalue weighted by atomic mass is 32.1. The molecule has 7 aromatic carbocycles. The standard InChI is InChI=1S/C53H33N3S/c1-3-12-32(13-4-1)44-29-24-34-22-23-35-25-30-46(56-52(35)51(34)54-44)39-27-26-38(36-16-7-8-17-37(36)39)40-19-11-20-43-49-47(57-53(40)43)31-28-42-48(49)41-18-9-10-21-45(41)55-50(42)33-14-5-2-6-15-33/h1-21,24-31H,22-23H2. The largest absolute Gasteiger partial charge is 0.247 e. The van der Waals surface area contributed by atoms with Gasteiger partial charge in [-0.25, -0.2) is 15.0 Å². The Kier molecular flexibility index (Phi) is 7.23. The van der Waals surface area contributed by atoms with Crippen LogP contribution < -0.4 is 0 Å². The van der Waals surface area contributed by atoms with Crippen LogP contribution in [0.15, 0.2) is 176 Å². The molecule has 4 aromatic heterocycles. The quantitative estimate of drug-likeness (QED) is 0.169. The predicted octanol–water partition coefficient (Wildman–Crippen LogP) is 14.1. The van der Waals surface area contributed by atoms with Crippen LogP contribution in [-0.2, 0) is 12.8 Å². The average Bonchev–Trinajstić information content (AvgIpc) is 3.68. The van der Waals surface area contributed by atoms with Crippen LogP contribution in [0.3, 0.4) is 0 Å². The molecule has 0 amide bonds. The molecule has 4 heterocycles. The van der Waals surface area contributed by atoms with Crippen LogP contribution in [0.25, 0.3) is 109 Å². The van der Waals surface area contributed by atoms with E-state index in [9.17, 15) is 0 Å². The Morgan fingerprint density at radius 1 is 0.351 bits per heavy atom. The highest BCUT2D eigenvalue weighted by Gasteiger charge is 2.23. The lowest BCUT2D eigenvalue weighted by Crippen LogP contribution is -2.08. The molecule has 0 fully saturated rings. The number of benzene rings is 7. The molecule has 0 bridgehead atoms. The van der Waals surface area contributed by atoms with Crippen LogP contribution in [0, 0.1) is 0 Å². The lowest BCUT2D eigenvalue weighted by molar-refractivity contribution is 0.914. The molecule has 266 valence electrons. The normalized spacial score (nSPS) is 12.4. The van der Waals surface area contributed by atoms with Crippen molar-refractivity contribution < 1.29 is 0 Å². The van der Waals surface area contributed by atoms with Crippen molar-refractivity contribution in [3.63, 3.8) is 0 Å². The van der Waals surface area contributed by atoms with E-state index in [1.54, 1.807) is 0 Å². The summed E-state index contributed by atoms with van der Waals surface area (Å²) in [5.74, 6) is 0. The molecule has 12 rings (SSSR count). The summed E-state index contributed by atoms with van der Waals surface area (Å²) < 4.78 is 2.58. The summed E-state index contributed by atoms with van der Waals surface area (Å²) in [7, 11) is 0. The van der Waals surface area contributed by atoms with Gasteiger partial charge in [0.05, 0.1) is 34.0 Å². The number of fused-ring (bicyclic) bond motifs is 11. The molecule has 0 spiro atoms. The van der Waals surface area contributed by atoms with Crippen molar-refractivity contribution in [2.75, 3.05) is 0 Å². The van der Waals surface area contributed by atoms with Crippen LogP contribution in [0.4, 0.5) is 0 Å². The first-order valence-electron chi connectivity index (χ1n) is 19.6. The number of aromatic nitrogens is 3. The third kappa shape index (κ3) is 5.08. The van der Waals surface area contributed by atoms with Gasteiger partial charge in [-0.15, -0.1) is 11.3 Å². The first-order chi connectivity index (χ1) is 28.3. The molecule has 0 saturated carbocycles. The van der Waals surface area contributed by atoms with Gasteiger partial charge in [0, 0.05) is 58.6 Å². The fourth-order valence-electron chi connectivity index (χ4n) is 9.09. The maximum absolute atomic E-state index is 5.41. The first-order valence-corrected chi connectivity index (χ1v) is 20.4. The molecule has 0 aliphatic heterocycles. The van der Waals surface area contributed by atoms with Crippen molar-refractivity contribution in [2.24, 2.45) is 0 Å². The molecule has 0 atom stereocenters. The zero-order valence-electron chi connectivity index (χ0n) is 30.9. The Labute approximate surface area is 333 Å². The number of thiophene rings is 1. The molecular formula is C53H33N3S. The lowest BCUT2D eigenvalue weighted by atomic mass is 9.90. The van der Waals surface area contributed by atoms with E-state index in [0.717, 1.165) is 63.5 Å². The van der Waals surface area contributed by atoms with Crippen molar-refractivity contribution in [3.05, 3.63) is 187 Å². The van der Waals surface area contributed by atoms with Crippen LogP contribution in [0.2, 0.25) is 0 Å². The highest BCUT2D eigenvalue weighted by molar-refractivity contribution is 7.26. The third-order valence-corrected chi connectivity index (χ3v) is 13.0. The van der Waals surface area contributed by atoms with Gasteiger partial charge in [0.1, 0.15) is 0 Å². The number of hydrogen-bond donors (Lipinski definition) is 0. The van der Waals surface area contributed by atoms with Gasteiger partial charge in [-0.05, 0) is 64.6 Å². The molecule has 11 aromatic rings. The minimum absolute atomic E-state index is 0.968. The van der Waals surface area contributed by atoms with Gasteiger partial charge in [0.25, 0.3) is 0 Å². The molecule has 0 saturated heterocycles. The number of aryl methyl sites for hydroxylation is 2. The van der Waals surface area contributed by atoms with Crippen molar-refractivity contribution in [1.29, 1.82) is 0 Å². The second-order valence-corrected chi connectivity index (χ2v) is 16.0. The highest BCUT2D eigenvalue weighted by Crippen LogP contribution is 2.47. The SMILES string of the molecule is c1ccc(-c2ccc3c(n2)-c2nc(-c4ccc(-c5cccc6c5sc5ccc7c(-c8ccccc8)nc8ccccc8c7c56)c5ccccc45)ccc2CC3)cc1. The van der Waals surface area contributed by atoms with E-state index in [4.69, 9.17) is 15.0 Å². The Bertz CT molecular complexity index is 3400. The maximum atomic E-state index is 5.41. The molecule has 0 N–H and O–H groups in total. The van der Waals surface area contributed by atoms with Gasteiger partial charge in [-0.2, -0.15) is 0 Å². The summed E-state index contributed by atoms with van der Waals surface area (Å²) in [5, 5.41) is 8.62. The van der Waals surface area contributed by atoms with E-state index >= 15 is 0 Å². The summed E-state index contributed by atoms with van der Waals surface area (Å²) in [6, 6.07) is 63.3. The summed E-state index contributed by atoms with van der Waals surface area (Å²) >= 11 is 1.89.